The maximum Gasteiger partial charge on any atom is 0.331 e. The lowest BCUT2D eigenvalue weighted by molar-refractivity contribution is -0.188. The molecular formula is C26H37N3O6. The van der Waals surface area contributed by atoms with Crippen molar-refractivity contribution in [2.75, 3.05) is 13.2 Å². The number of hydrogen-bond donors (Lipinski definition) is 1. The first kappa shape index (κ1) is 26.7. The molecule has 0 aliphatic carbocycles. The van der Waals surface area contributed by atoms with Gasteiger partial charge in [-0.25, -0.2) is 9.80 Å². The monoisotopic (exact) mass is 487 g/mol. The van der Waals surface area contributed by atoms with Crippen LogP contribution >= 0.6 is 0 Å². The fourth-order valence-corrected chi connectivity index (χ4v) is 4.48. The van der Waals surface area contributed by atoms with Gasteiger partial charge < -0.3 is 9.47 Å². The van der Waals surface area contributed by atoms with Crippen LogP contribution in [0.25, 0.3) is 0 Å². The van der Waals surface area contributed by atoms with Crippen molar-refractivity contribution >= 4 is 23.8 Å². The maximum absolute atomic E-state index is 13.7. The van der Waals surface area contributed by atoms with E-state index in [4.69, 9.17) is 9.47 Å². The molecule has 9 heteroatoms. The molecule has 3 rings (SSSR count). The average molecular weight is 488 g/mol. The summed E-state index contributed by atoms with van der Waals surface area (Å²) >= 11 is 0. The van der Waals surface area contributed by atoms with Gasteiger partial charge in [0.1, 0.15) is 11.6 Å². The summed E-state index contributed by atoms with van der Waals surface area (Å²) in [5, 5.41) is 5.81. The molecule has 2 aliphatic rings. The average Bonchev–Trinajstić information content (AvgIpc) is 2.93. The highest BCUT2D eigenvalue weighted by atomic mass is 16.6. The van der Waals surface area contributed by atoms with E-state index in [1.54, 1.807) is 27.7 Å². The van der Waals surface area contributed by atoms with Gasteiger partial charge in [0.05, 0.1) is 12.6 Å². The van der Waals surface area contributed by atoms with Crippen molar-refractivity contribution in [3.05, 3.63) is 35.9 Å². The molecule has 3 unspecified atom stereocenters. The number of fused-ring (bicyclic) bond motifs is 1. The molecule has 2 amide bonds. The van der Waals surface area contributed by atoms with Crippen molar-refractivity contribution in [2.45, 2.75) is 89.9 Å². The summed E-state index contributed by atoms with van der Waals surface area (Å²) < 4.78 is 10.8. The molecule has 0 radical (unpaired) electrons. The first-order chi connectivity index (χ1) is 16.6. The number of hydrogen-bond acceptors (Lipinski definition) is 7. The second-order valence-corrected chi connectivity index (χ2v) is 9.98. The molecule has 1 N–H and O–H groups in total. The van der Waals surface area contributed by atoms with Gasteiger partial charge in [0, 0.05) is 13.0 Å². The fourth-order valence-electron chi connectivity index (χ4n) is 4.48. The highest BCUT2D eigenvalue weighted by molar-refractivity contribution is 5.92. The SMILES string of the molecule is CCOC(=O)C(CCc1ccccc1)NC1CCC(=O)N2CCCC(C(=O)OC(C)(C)C)N2C1=O. The maximum atomic E-state index is 13.7. The zero-order chi connectivity index (χ0) is 25.6. The Bertz CT molecular complexity index is 913. The summed E-state index contributed by atoms with van der Waals surface area (Å²) in [5.41, 5.74) is 0.348. The fraction of sp³-hybridized carbons (Fsp3) is 0.615. The molecule has 0 aromatic heterocycles. The Balaban J connectivity index is 1.81. The Hall–Kier alpha value is -2.94. The quantitative estimate of drug-likeness (QED) is 0.561. The van der Waals surface area contributed by atoms with Gasteiger partial charge in [0.15, 0.2) is 6.04 Å². The lowest BCUT2D eigenvalue weighted by Crippen LogP contribution is -2.63. The van der Waals surface area contributed by atoms with Gasteiger partial charge in [-0.3, -0.25) is 24.7 Å². The van der Waals surface area contributed by atoms with E-state index in [1.165, 1.54) is 10.0 Å². The van der Waals surface area contributed by atoms with E-state index in [9.17, 15) is 19.2 Å². The molecule has 2 saturated heterocycles. The van der Waals surface area contributed by atoms with Gasteiger partial charge in [-0.05, 0) is 65.4 Å². The summed E-state index contributed by atoms with van der Waals surface area (Å²) in [6.07, 6.45) is 2.42. The lowest BCUT2D eigenvalue weighted by atomic mass is 10.0. The van der Waals surface area contributed by atoms with Crippen molar-refractivity contribution < 1.29 is 28.7 Å². The van der Waals surface area contributed by atoms with Crippen LogP contribution in [-0.2, 0) is 35.1 Å². The number of nitrogens with one attached hydrogen (secondary N) is 1. The van der Waals surface area contributed by atoms with Crippen molar-refractivity contribution in [3.63, 3.8) is 0 Å². The zero-order valence-corrected chi connectivity index (χ0v) is 21.1. The Labute approximate surface area is 207 Å². The number of carbonyl (C=O) groups excluding carboxylic acids is 4. The second-order valence-electron chi connectivity index (χ2n) is 9.98. The highest BCUT2D eigenvalue weighted by Crippen LogP contribution is 2.27. The zero-order valence-electron chi connectivity index (χ0n) is 21.1. The number of nitrogens with zero attached hydrogens (tertiary/aromatic N) is 2. The van der Waals surface area contributed by atoms with Gasteiger partial charge in [-0.1, -0.05) is 30.3 Å². The minimum absolute atomic E-state index is 0.134. The third kappa shape index (κ3) is 7.04. The van der Waals surface area contributed by atoms with Crippen molar-refractivity contribution in [2.24, 2.45) is 0 Å². The molecule has 1 aromatic rings. The number of hydrazine groups is 1. The number of aryl methyl sites for hydroxylation is 1. The van der Waals surface area contributed by atoms with E-state index in [2.05, 4.69) is 5.32 Å². The number of ether oxygens (including phenoxy) is 2. The molecule has 2 heterocycles. The number of rotatable bonds is 8. The molecule has 2 fully saturated rings. The van der Waals surface area contributed by atoms with Crippen LogP contribution in [0.4, 0.5) is 0 Å². The van der Waals surface area contributed by atoms with E-state index >= 15 is 0 Å². The van der Waals surface area contributed by atoms with Gasteiger partial charge >= 0.3 is 11.9 Å². The van der Waals surface area contributed by atoms with Crippen molar-refractivity contribution in [1.29, 1.82) is 0 Å². The van der Waals surface area contributed by atoms with Crippen LogP contribution < -0.4 is 5.32 Å². The van der Waals surface area contributed by atoms with Gasteiger partial charge in [-0.2, -0.15) is 0 Å². The van der Waals surface area contributed by atoms with Crippen molar-refractivity contribution in [3.8, 4) is 0 Å². The topological polar surface area (TPSA) is 105 Å². The highest BCUT2D eigenvalue weighted by Gasteiger charge is 2.46. The molecule has 0 bridgehead atoms. The second kappa shape index (κ2) is 11.7. The molecule has 9 nitrogen and oxygen atoms in total. The first-order valence-corrected chi connectivity index (χ1v) is 12.4. The minimum Gasteiger partial charge on any atom is -0.465 e. The van der Waals surface area contributed by atoms with E-state index < -0.39 is 41.6 Å². The minimum atomic E-state index is -0.882. The molecule has 1 aromatic carbocycles. The lowest BCUT2D eigenvalue weighted by Gasteiger charge is -2.43. The van der Waals surface area contributed by atoms with Crippen LogP contribution in [0, 0.1) is 0 Å². The normalized spacial score (nSPS) is 21.7. The summed E-state index contributed by atoms with van der Waals surface area (Å²) in [6.45, 7) is 7.62. The number of esters is 2. The van der Waals surface area contributed by atoms with Crippen LogP contribution in [0.15, 0.2) is 30.3 Å². The van der Waals surface area contributed by atoms with Crippen LogP contribution in [0.5, 0.6) is 0 Å². The predicted octanol–water partition coefficient (Wildman–Crippen LogP) is 2.38. The van der Waals surface area contributed by atoms with Gasteiger partial charge in [0.2, 0.25) is 5.91 Å². The predicted molar refractivity (Wildman–Crippen MR) is 129 cm³/mol. The Kier molecular flexibility index (Phi) is 8.88. The van der Waals surface area contributed by atoms with E-state index in [1.807, 2.05) is 30.3 Å². The largest absolute Gasteiger partial charge is 0.465 e. The number of amides is 2. The van der Waals surface area contributed by atoms with E-state index in [-0.39, 0.29) is 25.4 Å². The third-order valence-electron chi connectivity index (χ3n) is 6.08. The number of benzene rings is 1. The van der Waals surface area contributed by atoms with Crippen LogP contribution in [0.2, 0.25) is 0 Å². The van der Waals surface area contributed by atoms with Crippen molar-refractivity contribution in [1.82, 2.24) is 15.3 Å². The number of carbonyl (C=O) groups is 4. The molecular weight excluding hydrogens is 450 g/mol. The Morgan fingerprint density at radius 2 is 1.86 bits per heavy atom. The van der Waals surface area contributed by atoms with Crippen LogP contribution in [0.1, 0.15) is 65.4 Å². The van der Waals surface area contributed by atoms with Crippen LogP contribution in [0.3, 0.4) is 0 Å². The smallest absolute Gasteiger partial charge is 0.331 e. The Morgan fingerprint density at radius 3 is 2.51 bits per heavy atom. The molecule has 2 aliphatic heterocycles. The van der Waals surface area contributed by atoms with Crippen LogP contribution in [-0.4, -0.2) is 70.6 Å². The van der Waals surface area contributed by atoms with E-state index in [0.717, 1.165) is 5.56 Å². The van der Waals surface area contributed by atoms with Gasteiger partial charge in [-0.15, -0.1) is 0 Å². The first-order valence-electron chi connectivity index (χ1n) is 12.4. The van der Waals surface area contributed by atoms with E-state index in [0.29, 0.717) is 32.2 Å². The summed E-state index contributed by atoms with van der Waals surface area (Å²) in [4.78, 5) is 52.3. The molecule has 0 spiro atoms. The Morgan fingerprint density at radius 1 is 1.14 bits per heavy atom. The molecule has 35 heavy (non-hydrogen) atoms. The molecule has 192 valence electrons. The van der Waals surface area contributed by atoms with Gasteiger partial charge in [0.25, 0.3) is 5.91 Å². The summed E-state index contributed by atoms with van der Waals surface area (Å²) in [7, 11) is 0. The molecule has 3 atom stereocenters. The summed E-state index contributed by atoms with van der Waals surface area (Å²) in [5.74, 6) is -1.59. The summed E-state index contributed by atoms with van der Waals surface area (Å²) in [6, 6.07) is 7.34. The third-order valence-corrected chi connectivity index (χ3v) is 6.08. The standard InChI is InChI=1S/C26H37N3O6/c1-5-34-24(32)20(14-13-18-10-7-6-8-11-18)27-19-15-16-22(30)28-17-9-12-21(29(28)23(19)31)25(33)35-26(2,3)4/h6-8,10-11,19-21,27H,5,9,12-17H2,1-4H3. The molecule has 0 saturated carbocycles.